The van der Waals surface area contributed by atoms with Gasteiger partial charge in [0.1, 0.15) is 0 Å². The number of nitrogens with two attached hydrogens (primary N) is 1. The first kappa shape index (κ1) is 15.6. The van der Waals surface area contributed by atoms with Gasteiger partial charge in [0.05, 0.1) is 5.69 Å². The number of amides is 1. The Bertz CT molecular complexity index is 570. The number of anilines is 1. The summed E-state index contributed by atoms with van der Waals surface area (Å²) in [5, 5.41) is 5.32. The first-order valence-electron chi connectivity index (χ1n) is 6.85. The number of nitrogens with one attached hydrogen (secondary N) is 1. The van der Waals surface area contributed by atoms with Gasteiger partial charge in [0.25, 0.3) is 0 Å². The highest BCUT2D eigenvalue weighted by Gasteiger charge is 2.10. The number of hydrogen-bond acceptors (Lipinski definition) is 5. The summed E-state index contributed by atoms with van der Waals surface area (Å²) in [7, 11) is 0. The first-order valence-corrected chi connectivity index (χ1v) is 7.73. The second-order valence-corrected chi connectivity index (χ2v) is 5.67. The van der Waals surface area contributed by atoms with Crippen LogP contribution in [0.5, 0.6) is 0 Å². The van der Waals surface area contributed by atoms with E-state index < -0.39 is 0 Å². The number of carbonyl (C=O) groups is 1. The Hall–Kier alpha value is -1.76. The van der Waals surface area contributed by atoms with Crippen LogP contribution in [0.1, 0.15) is 18.2 Å². The molecule has 0 aliphatic rings. The molecule has 2 aromatic rings. The van der Waals surface area contributed by atoms with Crippen molar-refractivity contribution in [1.82, 2.24) is 9.88 Å². The maximum absolute atomic E-state index is 11.0. The number of thiazole rings is 1. The summed E-state index contributed by atoms with van der Waals surface area (Å²) in [6, 6.07) is 10.3. The van der Waals surface area contributed by atoms with Crippen LogP contribution in [0.3, 0.4) is 0 Å². The van der Waals surface area contributed by atoms with Crippen LogP contribution < -0.4 is 11.1 Å². The number of benzene rings is 1. The topological polar surface area (TPSA) is 71.2 Å². The Kier molecular flexibility index (Phi) is 5.86. The fourth-order valence-electron chi connectivity index (χ4n) is 2.05. The SMILES string of the molecule is CC(=O)Nc1nc(CN(CCN)Cc2ccccc2)cs1. The predicted octanol–water partition coefficient (Wildman–Crippen LogP) is 2.06. The van der Waals surface area contributed by atoms with Crippen LogP contribution in [0.2, 0.25) is 0 Å². The molecule has 0 aliphatic carbocycles. The molecule has 0 unspecified atom stereocenters. The summed E-state index contributed by atoms with van der Waals surface area (Å²) in [4.78, 5) is 17.7. The van der Waals surface area contributed by atoms with Crippen LogP contribution in [0.4, 0.5) is 5.13 Å². The molecule has 3 N–H and O–H groups in total. The van der Waals surface area contributed by atoms with E-state index in [2.05, 4.69) is 27.3 Å². The summed E-state index contributed by atoms with van der Waals surface area (Å²) >= 11 is 1.44. The minimum atomic E-state index is -0.0981. The van der Waals surface area contributed by atoms with Gasteiger partial charge >= 0.3 is 0 Å². The molecule has 0 aliphatic heterocycles. The van der Waals surface area contributed by atoms with Crippen LogP contribution in [0.15, 0.2) is 35.7 Å². The molecule has 2 rings (SSSR count). The number of hydrogen-bond donors (Lipinski definition) is 2. The number of carbonyl (C=O) groups excluding carboxylic acids is 1. The molecule has 1 amide bonds. The summed E-state index contributed by atoms with van der Waals surface area (Å²) in [5.74, 6) is -0.0981. The molecule has 0 atom stereocenters. The Morgan fingerprint density at radius 2 is 2.10 bits per heavy atom. The Labute approximate surface area is 128 Å². The average Bonchev–Trinajstić information content (AvgIpc) is 2.86. The Morgan fingerprint density at radius 3 is 2.76 bits per heavy atom. The van der Waals surface area contributed by atoms with Gasteiger partial charge in [-0.25, -0.2) is 4.98 Å². The van der Waals surface area contributed by atoms with E-state index in [1.165, 1.54) is 23.8 Å². The number of aromatic nitrogens is 1. The third-order valence-electron chi connectivity index (χ3n) is 2.91. The molecule has 6 heteroatoms. The van der Waals surface area contributed by atoms with Gasteiger partial charge in [-0.15, -0.1) is 11.3 Å². The molecule has 0 fully saturated rings. The van der Waals surface area contributed by atoms with Crippen molar-refractivity contribution in [3.63, 3.8) is 0 Å². The number of nitrogens with zero attached hydrogens (tertiary/aromatic N) is 2. The lowest BCUT2D eigenvalue weighted by Crippen LogP contribution is -2.28. The summed E-state index contributed by atoms with van der Waals surface area (Å²) in [6.45, 7) is 4.46. The lowest BCUT2D eigenvalue weighted by molar-refractivity contribution is -0.114. The molecule has 5 nitrogen and oxygen atoms in total. The normalized spacial score (nSPS) is 10.8. The van der Waals surface area contributed by atoms with Gasteiger partial charge < -0.3 is 11.1 Å². The third kappa shape index (κ3) is 5.26. The molecule has 0 radical (unpaired) electrons. The Balaban J connectivity index is 1.98. The van der Waals surface area contributed by atoms with E-state index in [9.17, 15) is 4.79 Å². The van der Waals surface area contributed by atoms with E-state index >= 15 is 0 Å². The van der Waals surface area contributed by atoms with Gasteiger partial charge in [0.2, 0.25) is 5.91 Å². The van der Waals surface area contributed by atoms with Gasteiger partial charge in [0, 0.05) is 38.5 Å². The van der Waals surface area contributed by atoms with Gasteiger partial charge in [0.15, 0.2) is 5.13 Å². The van der Waals surface area contributed by atoms with Crippen LogP contribution in [0, 0.1) is 0 Å². The third-order valence-corrected chi connectivity index (χ3v) is 3.72. The smallest absolute Gasteiger partial charge is 0.223 e. The second-order valence-electron chi connectivity index (χ2n) is 4.81. The van der Waals surface area contributed by atoms with Gasteiger partial charge in [-0.2, -0.15) is 0 Å². The maximum atomic E-state index is 11.0. The van der Waals surface area contributed by atoms with Crippen LogP contribution in [0.25, 0.3) is 0 Å². The van der Waals surface area contributed by atoms with E-state index in [1.807, 2.05) is 23.6 Å². The van der Waals surface area contributed by atoms with Crippen LogP contribution in [-0.2, 0) is 17.9 Å². The van der Waals surface area contributed by atoms with Gasteiger partial charge in [-0.3, -0.25) is 9.69 Å². The second kappa shape index (κ2) is 7.87. The van der Waals surface area contributed by atoms with E-state index in [0.717, 1.165) is 25.3 Å². The first-order chi connectivity index (χ1) is 10.2. The Morgan fingerprint density at radius 1 is 1.33 bits per heavy atom. The van der Waals surface area contributed by atoms with E-state index in [0.29, 0.717) is 11.7 Å². The zero-order valence-corrected chi connectivity index (χ0v) is 12.9. The predicted molar refractivity (Wildman–Crippen MR) is 86.0 cm³/mol. The molecule has 112 valence electrons. The highest BCUT2D eigenvalue weighted by molar-refractivity contribution is 7.13. The minimum absolute atomic E-state index is 0.0981. The van der Waals surface area contributed by atoms with Crippen molar-refractivity contribution in [3.05, 3.63) is 47.0 Å². The summed E-state index contributed by atoms with van der Waals surface area (Å²) in [6.07, 6.45) is 0. The zero-order valence-electron chi connectivity index (χ0n) is 12.1. The van der Waals surface area contributed by atoms with Crippen molar-refractivity contribution in [2.24, 2.45) is 5.73 Å². The fraction of sp³-hybridized carbons (Fsp3) is 0.333. The molecule has 1 heterocycles. The van der Waals surface area contributed by atoms with E-state index in [4.69, 9.17) is 5.73 Å². The molecule has 0 bridgehead atoms. The fourth-order valence-corrected chi connectivity index (χ4v) is 2.80. The van der Waals surface area contributed by atoms with Gasteiger partial charge in [-0.1, -0.05) is 30.3 Å². The average molecular weight is 304 g/mol. The van der Waals surface area contributed by atoms with Crippen molar-refractivity contribution in [3.8, 4) is 0 Å². The molecule has 1 aromatic heterocycles. The summed E-state index contributed by atoms with van der Waals surface area (Å²) in [5.41, 5.74) is 7.90. The van der Waals surface area contributed by atoms with Crippen molar-refractivity contribution in [2.75, 3.05) is 18.4 Å². The van der Waals surface area contributed by atoms with Crippen molar-refractivity contribution in [2.45, 2.75) is 20.0 Å². The highest BCUT2D eigenvalue weighted by Crippen LogP contribution is 2.17. The lowest BCUT2D eigenvalue weighted by atomic mass is 10.2. The largest absolute Gasteiger partial charge is 0.329 e. The van der Waals surface area contributed by atoms with E-state index in [1.54, 1.807) is 0 Å². The van der Waals surface area contributed by atoms with Crippen molar-refractivity contribution >= 4 is 22.4 Å². The van der Waals surface area contributed by atoms with Gasteiger partial charge in [-0.05, 0) is 5.56 Å². The quantitative estimate of drug-likeness (QED) is 0.821. The zero-order chi connectivity index (χ0) is 15.1. The van der Waals surface area contributed by atoms with Crippen LogP contribution >= 0.6 is 11.3 Å². The molecule has 0 saturated heterocycles. The molecule has 0 spiro atoms. The summed E-state index contributed by atoms with van der Waals surface area (Å²) < 4.78 is 0. The van der Waals surface area contributed by atoms with Crippen molar-refractivity contribution in [1.29, 1.82) is 0 Å². The molecular formula is C15H20N4OS. The monoisotopic (exact) mass is 304 g/mol. The minimum Gasteiger partial charge on any atom is -0.329 e. The van der Waals surface area contributed by atoms with E-state index in [-0.39, 0.29) is 5.91 Å². The lowest BCUT2D eigenvalue weighted by Gasteiger charge is -2.20. The highest BCUT2D eigenvalue weighted by atomic mass is 32.1. The molecule has 21 heavy (non-hydrogen) atoms. The molecular weight excluding hydrogens is 284 g/mol. The van der Waals surface area contributed by atoms with Crippen LogP contribution in [-0.4, -0.2) is 28.9 Å². The number of rotatable bonds is 7. The standard InChI is InChI=1S/C15H20N4OS/c1-12(20)17-15-18-14(11-21-15)10-19(8-7-16)9-13-5-3-2-4-6-13/h2-6,11H,7-10,16H2,1H3,(H,17,18,20). The van der Waals surface area contributed by atoms with Crippen molar-refractivity contribution < 1.29 is 4.79 Å². The molecule has 0 saturated carbocycles. The maximum Gasteiger partial charge on any atom is 0.223 e. The molecule has 1 aromatic carbocycles.